The third-order valence-corrected chi connectivity index (χ3v) is 7.20. The topological polar surface area (TPSA) is 61.9 Å². The molecule has 142 valence electrons. The molecule has 4 aliphatic carbocycles. The highest BCUT2D eigenvalue weighted by atomic mass is 16.2. The molecule has 5 nitrogen and oxygen atoms in total. The van der Waals surface area contributed by atoms with E-state index in [1.165, 1.54) is 19.3 Å². The molecule has 4 aliphatic rings. The monoisotopic (exact) mass is 373 g/mol. The van der Waals surface area contributed by atoms with E-state index in [9.17, 15) is 4.79 Å². The maximum atomic E-state index is 13.4. The third kappa shape index (κ3) is 2.49. The molecule has 4 bridgehead atoms. The van der Waals surface area contributed by atoms with Crippen LogP contribution in [-0.2, 0) is 0 Å². The zero-order valence-corrected chi connectivity index (χ0v) is 15.9. The molecule has 3 aromatic heterocycles. The van der Waals surface area contributed by atoms with Crippen LogP contribution in [0.5, 0.6) is 0 Å². The summed E-state index contributed by atoms with van der Waals surface area (Å²) in [5, 5.41) is 3.50. The van der Waals surface area contributed by atoms with Crippen molar-refractivity contribution < 1.29 is 9.20 Å². The highest BCUT2D eigenvalue weighted by molar-refractivity contribution is 5.99. The van der Waals surface area contributed by atoms with E-state index in [1.807, 2.05) is 36.5 Å². The molecule has 0 saturated heterocycles. The lowest BCUT2D eigenvalue weighted by atomic mass is 9.53. The van der Waals surface area contributed by atoms with Gasteiger partial charge in [0, 0.05) is 17.9 Å². The number of hydrogen-bond donors (Lipinski definition) is 2. The first kappa shape index (κ1) is 16.3. The number of amides is 1. The number of carbonyl (C=O) groups excluding carboxylic acids is 1. The van der Waals surface area contributed by atoms with Crippen LogP contribution in [0.3, 0.4) is 0 Å². The molecule has 4 saturated carbocycles. The number of carbonyl (C=O) groups is 1. The molecule has 0 aliphatic heterocycles. The summed E-state index contributed by atoms with van der Waals surface area (Å²) in [6.07, 6.45) is 13.2. The van der Waals surface area contributed by atoms with Crippen LogP contribution in [0.4, 0.5) is 0 Å². The van der Waals surface area contributed by atoms with Gasteiger partial charge < -0.3 is 5.32 Å². The summed E-state index contributed by atoms with van der Waals surface area (Å²) in [5.74, 6) is 3.38. The van der Waals surface area contributed by atoms with Gasteiger partial charge in [-0.3, -0.25) is 9.78 Å². The van der Waals surface area contributed by atoms with Gasteiger partial charge in [0.1, 0.15) is 0 Å². The van der Waals surface area contributed by atoms with Crippen molar-refractivity contribution in [3.05, 3.63) is 54.6 Å². The molecule has 3 aromatic rings. The van der Waals surface area contributed by atoms with Crippen LogP contribution in [0.1, 0.15) is 49.0 Å². The van der Waals surface area contributed by atoms with Gasteiger partial charge in [0.25, 0.3) is 11.7 Å². The van der Waals surface area contributed by atoms with Gasteiger partial charge in [-0.05, 0) is 80.5 Å². The molecule has 0 radical (unpaired) electrons. The summed E-state index contributed by atoms with van der Waals surface area (Å²) in [6.45, 7) is 0. The predicted molar refractivity (Wildman–Crippen MR) is 106 cm³/mol. The normalized spacial score (nSPS) is 30.6. The van der Waals surface area contributed by atoms with Crippen molar-refractivity contribution in [2.24, 2.45) is 17.8 Å². The Morgan fingerprint density at radius 1 is 1.04 bits per heavy atom. The van der Waals surface area contributed by atoms with Crippen molar-refractivity contribution in [3.63, 3.8) is 0 Å². The van der Waals surface area contributed by atoms with Gasteiger partial charge in [0.05, 0.1) is 11.8 Å². The van der Waals surface area contributed by atoms with Gasteiger partial charge in [0.2, 0.25) is 5.69 Å². The van der Waals surface area contributed by atoms with E-state index in [4.69, 9.17) is 0 Å². The highest BCUT2D eigenvalue weighted by Gasteiger charge is 2.52. The van der Waals surface area contributed by atoms with Crippen LogP contribution in [0.2, 0.25) is 0 Å². The van der Waals surface area contributed by atoms with E-state index in [-0.39, 0.29) is 11.4 Å². The number of imidazole rings is 1. The van der Waals surface area contributed by atoms with Gasteiger partial charge in [-0.2, -0.15) is 4.40 Å². The van der Waals surface area contributed by atoms with Crippen LogP contribution in [-0.4, -0.2) is 21.4 Å². The minimum Gasteiger partial charge on any atom is -0.343 e. The lowest BCUT2D eigenvalue weighted by Gasteiger charge is -2.56. The molecule has 1 amide bonds. The number of pyridine rings is 2. The molecule has 0 aromatic carbocycles. The second-order valence-electron chi connectivity index (χ2n) is 9.19. The fourth-order valence-electron chi connectivity index (χ4n) is 6.55. The zero-order valence-electron chi connectivity index (χ0n) is 15.9. The fourth-order valence-corrected chi connectivity index (χ4v) is 6.55. The first-order valence-electron chi connectivity index (χ1n) is 10.4. The average molecular weight is 373 g/mol. The van der Waals surface area contributed by atoms with Crippen LogP contribution in [0.15, 0.2) is 48.9 Å². The van der Waals surface area contributed by atoms with E-state index >= 15 is 0 Å². The fraction of sp³-hybridized carbons (Fsp3) is 0.435. The van der Waals surface area contributed by atoms with Crippen LogP contribution in [0.25, 0.3) is 16.9 Å². The van der Waals surface area contributed by atoms with E-state index in [2.05, 4.69) is 19.7 Å². The minimum absolute atomic E-state index is 0.0134. The number of H-pyrrole nitrogens is 1. The maximum Gasteiger partial charge on any atom is 0.296 e. The second-order valence-corrected chi connectivity index (χ2v) is 9.19. The molecule has 2 N–H and O–H groups in total. The Bertz CT molecular complexity index is 1020. The first-order valence-corrected chi connectivity index (χ1v) is 10.4. The van der Waals surface area contributed by atoms with E-state index < -0.39 is 0 Å². The summed E-state index contributed by atoms with van der Waals surface area (Å²) in [7, 11) is 0. The Labute approximate surface area is 164 Å². The van der Waals surface area contributed by atoms with Crippen molar-refractivity contribution in [1.82, 2.24) is 15.3 Å². The number of aromatic nitrogens is 3. The zero-order chi connectivity index (χ0) is 18.7. The Morgan fingerprint density at radius 3 is 2.39 bits per heavy atom. The van der Waals surface area contributed by atoms with Gasteiger partial charge in [-0.25, -0.2) is 4.98 Å². The van der Waals surface area contributed by atoms with E-state index in [0.29, 0.717) is 5.69 Å². The molecule has 3 heterocycles. The predicted octanol–water partition coefficient (Wildman–Crippen LogP) is 3.51. The largest absolute Gasteiger partial charge is 0.343 e. The Kier molecular flexibility index (Phi) is 3.43. The van der Waals surface area contributed by atoms with Gasteiger partial charge in [0.15, 0.2) is 5.52 Å². The quantitative estimate of drug-likeness (QED) is 0.690. The molecule has 28 heavy (non-hydrogen) atoms. The maximum absolute atomic E-state index is 13.4. The Morgan fingerprint density at radius 2 is 1.71 bits per heavy atom. The van der Waals surface area contributed by atoms with Crippen molar-refractivity contribution in [1.29, 1.82) is 0 Å². The smallest absolute Gasteiger partial charge is 0.296 e. The SMILES string of the molecule is O=C(NC12CC3CC(CC(C3)C1)C2)c1[nH]c(-c2ccncc2)[n+]2ccccc12. The van der Waals surface area contributed by atoms with Crippen molar-refractivity contribution in [2.75, 3.05) is 0 Å². The van der Waals surface area contributed by atoms with Crippen LogP contribution >= 0.6 is 0 Å². The molecule has 5 heteroatoms. The lowest BCUT2D eigenvalue weighted by molar-refractivity contribution is -0.498. The highest BCUT2D eigenvalue weighted by Crippen LogP contribution is 2.55. The number of rotatable bonds is 3. The molecular weight excluding hydrogens is 348 g/mol. The lowest BCUT2D eigenvalue weighted by Crippen LogP contribution is -2.59. The Balaban J connectivity index is 1.38. The number of hydrogen-bond acceptors (Lipinski definition) is 2. The first-order chi connectivity index (χ1) is 13.7. The summed E-state index contributed by atoms with van der Waals surface area (Å²) < 4.78 is 2.06. The van der Waals surface area contributed by atoms with E-state index in [1.54, 1.807) is 12.4 Å². The summed E-state index contributed by atoms with van der Waals surface area (Å²) in [4.78, 5) is 20.9. The minimum atomic E-state index is 0.0134. The van der Waals surface area contributed by atoms with Gasteiger partial charge in [-0.1, -0.05) is 6.07 Å². The standard InChI is InChI=1S/C23H24N4O/c28-22(26-23-12-15-9-16(13-23)11-17(10-15)14-23)20-19-3-1-2-8-27(19)21(25-20)18-4-6-24-7-5-18/h1-8,15-17H,9-14H2,(H,26,28)/p+1. The summed E-state index contributed by atoms with van der Waals surface area (Å²) in [5.41, 5.74) is 2.60. The average Bonchev–Trinajstić information content (AvgIpc) is 3.07. The van der Waals surface area contributed by atoms with Crippen LogP contribution in [0, 0.1) is 17.8 Å². The number of nitrogens with one attached hydrogen (secondary N) is 2. The van der Waals surface area contributed by atoms with E-state index in [0.717, 1.165) is 53.9 Å². The summed E-state index contributed by atoms with van der Waals surface area (Å²) >= 11 is 0. The molecular formula is C23H25N4O+. The van der Waals surface area contributed by atoms with Gasteiger partial charge in [-0.15, -0.1) is 0 Å². The number of fused-ring (bicyclic) bond motifs is 1. The van der Waals surface area contributed by atoms with Crippen LogP contribution < -0.4 is 9.72 Å². The van der Waals surface area contributed by atoms with Crippen molar-refractivity contribution in [3.8, 4) is 11.4 Å². The molecule has 0 unspecified atom stereocenters. The number of aromatic amines is 1. The Hall–Kier alpha value is -2.69. The van der Waals surface area contributed by atoms with Gasteiger partial charge >= 0.3 is 0 Å². The number of nitrogens with zero attached hydrogens (tertiary/aromatic N) is 2. The summed E-state index contributed by atoms with van der Waals surface area (Å²) in [6, 6.07) is 9.92. The molecule has 0 atom stereocenters. The van der Waals surface area contributed by atoms with Crippen molar-refractivity contribution in [2.45, 2.75) is 44.1 Å². The van der Waals surface area contributed by atoms with Crippen molar-refractivity contribution >= 4 is 11.4 Å². The third-order valence-electron chi connectivity index (χ3n) is 7.20. The molecule has 0 spiro atoms. The second kappa shape index (κ2) is 5.90. The molecule has 7 rings (SSSR count). The molecule has 4 fully saturated rings.